The van der Waals surface area contributed by atoms with E-state index in [-0.39, 0.29) is 11.6 Å². The highest BCUT2D eigenvalue weighted by molar-refractivity contribution is 7.16. The van der Waals surface area contributed by atoms with Crippen molar-refractivity contribution in [1.82, 2.24) is 0 Å². The fourth-order valence-corrected chi connectivity index (χ4v) is 2.50. The third-order valence-corrected chi connectivity index (χ3v) is 3.70. The average molecular weight is 261 g/mol. The zero-order chi connectivity index (χ0) is 13.3. The van der Waals surface area contributed by atoms with Crippen LogP contribution in [0.15, 0.2) is 16.5 Å². The summed E-state index contributed by atoms with van der Waals surface area (Å²) >= 11 is 1.37. The molecule has 0 fully saturated rings. The highest BCUT2D eigenvalue weighted by Gasteiger charge is 2.17. The Labute approximate surface area is 108 Å². The molecule has 0 unspecified atom stereocenters. The van der Waals surface area contributed by atoms with Gasteiger partial charge in [-0.15, -0.1) is 11.3 Å². The van der Waals surface area contributed by atoms with Gasteiger partial charge in [-0.25, -0.2) is 0 Å². The van der Waals surface area contributed by atoms with E-state index >= 15 is 0 Å². The molecule has 3 N–H and O–H groups in total. The number of nitrogens with one attached hydrogen (secondary N) is 1. The molecule has 2 heterocycles. The van der Waals surface area contributed by atoms with Crippen LogP contribution in [0.4, 0.5) is 10.9 Å². The van der Waals surface area contributed by atoms with Crippen molar-refractivity contribution in [1.29, 1.82) is 5.26 Å². The number of hydrogen-bond acceptors (Lipinski definition) is 5. The van der Waals surface area contributed by atoms with Crippen molar-refractivity contribution in [2.75, 3.05) is 11.1 Å². The van der Waals surface area contributed by atoms with Crippen LogP contribution in [0.1, 0.15) is 26.6 Å². The minimum atomic E-state index is -0.413. The first-order chi connectivity index (χ1) is 8.52. The number of aryl methyl sites for hydroxylation is 1. The summed E-state index contributed by atoms with van der Waals surface area (Å²) in [6.45, 7) is 3.76. The van der Waals surface area contributed by atoms with E-state index in [4.69, 9.17) is 15.4 Å². The fraction of sp³-hybridized carbons (Fsp3) is 0.167. The molecule has 0 saturated carbocycles. The number of nitrogen functional groups attached to an aromatic ring is 1. The molecule has 6 heteroatoms. The van der Waals surface area contributed by atoms with Gasteiger partial charge in [0.1, 0.15) is 11.1 Å². The number of nitrogens with zero attached hydrogens (tertiary/aromatic N) is 1. The Morgan fingerprint density at radius 3 is 2.78 bits per heavy atom. The van der Waals surface area contributed by atoms with Crippen LogP contribution in [0.2, 0.25) is 0 Å². The topological polar surface area (TPSA) is 92.1 Å². The van der Waals surface area contributed by atoms with Crippen molar-refractivity contribution in [2.45, 2.75) is 13.8 Å². The van der Waals surface area contributed by atoms with Crippen LogP contribution in [-0.2, 0) is 0 Å². The maximum Gasteiger partial charge on any atom is 0.292 e. The molecule has 2 aromatic heterocycles. The van der Waals surface area contributed by atoms with Crippen LogP contribution in [-0.4, -0.2) is 5.91 Å². The SMILES string of the molecule is Cc1sc(NC(=O)c2ccc(N)o2)c(C#N)c1C. The number of thiophene rings is 1. The van der Waals surface area contributed by atoms with Crippen LogP contribution < -0.4 is 11.1 Å². The molecular formula is C12H11N3O2S. The summed E-state index contributed by atoms with van der Waals surface area (Å²) in [4.78, 5) is 12.9. The van der Waals surface area contributed by atoms with Crippen LogP contribution >= 0.6 is 11.3 Å². The lowest BCUT2D eigenvalue weighted by Gasteiger charge is -2.00. The number of carbonyl (C=O) groups is 1. The molecule has 0 radical (unpaired) electrons. The lowest BCUT2D eigenvalue weighted by molar-refractivity contribution is 0.0998. The van der Waals surface area contributed by atoms with Gasteiger partial charge in [0.2, 0.25) is 0 Å². The van der Waals surface area contributed by atoms with E-state index in [1.165, 1.54) is 23.5 Å². The molecule has 0 saturated heterocycles. The number of nitrogens with two attached hydrogens (primary N) is 1. The maximum atomic E-state index is 11.9. The normalized spacial score (nSPS) is 10.1. The minimum Gasteiger partial charge on any atom is -0.436 e. The maximum absolute atomic E-state index is 11.9. The largest absolute Gasteiger partial charge is 0.436 e. The van der Waals surface area contributed by atoms with E-state index < -0.39 is 5.91 Å². The number of amides is 1. The number of carbonyl (C=O) groups excluding carboxylic acids is 1. The molecule has 0 bridgehead atoms. The predicted octanol–water partition coefficient (Wildman–Crippen LogP) is 2.66. The number of rotatable bonds is 2. The van der Waals surface area contributed by atoms with E-state index in [9.17, 15) is 4.79 Å². The van der Waals surface area contributed by atoms with Crippen molar-refractivity contribution < 1.29 is 9.21 Å². The Balaban J connectivity index is 2.28. The second kappa shape index (κ2) is 4.55. The first-order valence-corrected chi connectivity index (χ1v) is 6.01. The molecule has 0 aliphatic carbocycles. The number of furan rings is 1. The molecule has 5 nitrogen and oxygen atoms in total. The van der Waals surface area contributed by atoms with Crippen LogP contribution in [0, 0.1) is 25.2 Å². The summed E-state index contributed by atoms with van der Waals surface area (Å²) < 4.78 is 5.02. The molecule has 0 aliphatic rings. The van der Waals surface area contributed by atoms with Crippen molar-refractivity contribution in [2.24, 2.45) is 0 Å². The minimum absolute atomic E-state index is 0.125. The van der Waals surface area contributed by atoms with Gasteiger partial charge in [0, 0.05) is 10.9 Å². The molecule has 18 heavy (non-hydrogen) atoms. The Morgan fingerprint density at radius 1 is 1.50 bits per heavy atom. The molecule has 0 spiro atoms. The molecule has 0 atom stereocenters. The van der Waals surface area contributed by atoms with E-state index in [0.29, 0.717) is 10.6 Å². The Bertz CT molecular complexity index is 649. The third kappa shape index (κ3) is 2.08. The van der Waals surface area contributed by atoms with Gasteiger partial charge in [-0.05, 0) is 25.5 Å². The second-order valence-corrected chi connectivity index (χ2v) is 4.98. The van der Waals surface area contributed by atoms with Crippen molar-refractivity contribution in [3.8, 4) is 6.07 Å². The Hall–Kier alpha value is -2.26. The molecular weight excluding hydrogens is 250 g/mol. The predicted molar refractivity (Wildman–Crippen MR) is 69.6 cm³/mol. The lowest BCUT2D eigenvalue weighted by atomic mass is 10.2. The Morgan fingerprint density at radius 2 is 2.22 bits per heavy atom. The van der Waals surface area contributed by atoms with Gasteiger partial charge in [-0.1, -0.05) is 0 Å². The molecule has 2 rings (SSSR count). The van der Waals surface area contributed by atoms with E-state index in [2.05, 4.69) is 11.4 Å². The summed E-state index contributed by atoms with van der Waals surface area (Å²) in [6.07, 6.45) is 0. The van der Waals surface area contributed by atoms with Crippen molar-refractivity contribution >= 4 is 28.1 Å². The highest BCUT2D eigenvalue weighted by atomic mass is 32.1. The van der Waals surface area contributed by atoms with Gasteiger partial charge >= 0.3 is 0 Å². The first-order valence-electron chi connectivity index (χ1n) is 5.19. The smallest absolute Gasteiger partial charge is 0.292 e. The van der Waals surface area contributed by atoms with Crippen molar-refractivity contribution in [3.63, 3.8) is 0 Å². The van der Waals surface area contributed by atoms with Crippen LogP contribution in [0.3, 0.4) is 0 Å². The quantitative estimate of drug-likeness (QED) is 0.869. The Kier molecular flexibility index (Phi) is 3.08. The summed E-state index contributed by atoms with van der Waals surface area (Å²) in [5, 5.41) is 12.3. The van der Waals surface area contributed by atoms with E-state index in [1.54, 1.807) is 0 Å². The molecule has 0 aliphatic heterocycles. The van der Waals surface area contributed by atoms with Gasteiger partial charge in [-0.3, -0.25) is 4.79 Å². The lowest BCUT2D eigenvalue weighted by Crippen LogP contribution is -2.10. The van der Waals surface area contributed by atoms with Gasteiger partial charge in [0.25, 0.3) is 5.91 Å². The first kappa shape index (κ1) is 12.2. The zero-order valence-corrected chi connectivity index (χ0v) is 10.7. The third-order valence-electron chi connectivity index (χ3n) is 2.57. The van der Waals surface area contributed by atoms with Gasteiger partial charge in [0.05, 0.1) is 5.56 Å². The number of hydrogen-bond donors (Lipinski definition) is 2. The molecule has 92 valence electrons. The molecule has 1 amide bonds. The fourth-order valence-electron chi connectivity index (χ4n) is 1.49. The monoisotopic (exact) mass is 261 g/mol. The molecule has 2 aromatic rings. The van der Waals surface area contributed by atoms with Crippen molar-refractivity contribution in [3.05, 3.63) is 33.9 Å². The second-order valence-electron chi connectivity index (χ2n) is 3.76. The summed E-state index contributed by atoms with van der Waals surface area (Å²) in [5.74, 6) is -0.108. The summed E-state index contributed by atoms with van der Waals surface area (Å²) in [7, 11) is 0. The standard InChI is InChI=1S/C12H11N3O2S/c1-6-7(2)18-12(8(6)5-13)15-11(16)9-3-4-10(14)17-9/h3-4H,14H2,1-2H3,(H,15,16). The number of nitriles is 1. The molecule has 0 aromatic carbocycles. The highest BCUT2D eigenvalue weighted by Crippen LogP contribution is 2.32. The van der Waals surface area contributed by atoms with Gasteiger partial charge in [0.15, 0.2) is 11.6 Å². The van der Waals surface area contributed by atoms with E-state index in [1.807, 2.05) is 13.8 Å². The van der Waals surface area contributed by atoms with E-state index in [0.717, 1.165) is 10.4 Å². The zero-order valence-electron chi connectivity index (χ0n) is 9.90. The van der Waals surface area contributed by atoms with Gasteiger partial charge < -0.3 is 15.5 Å². The van der Waals surface area contributed by atoms with Crippen LogP contribution in [0.5, 0.6) is 0 Å². The van der Waals surface area contributed by atoms with Gasteiger partial charge in [-0.2, -0.15) is 5.26 Å². The summed E-state index contributed by atoms with van der Waals surface area (Å²) in [5.41, 5.74) is 6.77. The van der Waals surface area contributed by atoms with Crippen LogP contribution in [0.25, 0.3) is 0 Å². The summed E-state index contributed by atoms with van der Waals surface area (Å²) in [6, 6.07) is 5.08. The number of anilines is 2. The average Bonchev–Trinajstić information content (AvgIpc) is 2.85.